The quantitative estimate of drug-likeness (QED) is 0.801. The Labute approximate surface area is 127 Å². The Bertz CT molecular complexity index is 944. The van der Waals surface area contributed by atoms with Crippen LogP contribution in [-0.4, -0.2) is 29.8 Å². The molecular weight excluding hydrogens is 304 g/mol. The molecule has 0 aliphatic rings. The van der Waals surface area contributed by atoms with Crippen LogP contribution in [0, 0.1) is 6.92 Å². The number of nitrogens with zero attached hydrogens (tertiary/aromatic N) is 2. The van der Waals surface area contributed by atoms with Gasteiger partial charge in [-0.3, -0.25) is 0 Å². The molecule has 0 aliphatic heterocycles. The first-order valence-corrected chi connectivity index (χ1v) is 7.94. The first kappa shape index (κ1) is 14.4. The zero-order valence-electron chi connectivity index (χ0n) is 12.0. The van der Waals surface area contributed by atoms with Crippen LogP contribution in [-0.2, 0) is 10.0 Å². The first-order valence-electron chi connectivity index (χ1n) is 6.50. The lowest BCUT2D eigenvalue weighted by Crippen LogP contribution is -2.14. The van der Waals surface area contributed by atoms with E-state index in [1.807, 2.05) is 6.92 Å². The summed E-state index contributed by atoms with van der Waals surface area (Å²) in [4.78, 5) is 0.148. The Kier molecular flexibility index (Phi) is 3.29. The highest BCUT2D eigenvalue weighted by Crippen LogP contribution is 2.32. The van der Waals surface area contributed by atoms with Gasteiger partial charge in [0.25, 0.3) is 10.0 Å². The number of hydrogen-bond donors (Lipinski definition) is 1. The van der Waals surface area contributed by atoms with E-state index in [1.54, 1.807) is 12.1 Å². The van der Waals surface area contributed by atoms with Gasteiger partial charge >= 0.3 is 0 Å². The van der Waals surface area contributed by atoms with E-state index in [-0.39, 0.29) is 16.4 Å². The molecule has 6 nitrogen and oxygen atoms in total. The maximum Gasteiger partial charge on any atom is 0.283 e. The number of phenolic OH excluding ortho intramolecular Hbond substituents is 1. The summed E-state index contributed by atoms with van der Waals surface area (Å²) in [6.07, 6.45) is 1.39. The number of hydrogen-bond acceptors (Lipinski definition) is 5. The molecule has 0 atom stereocenters. The van der Waals surface area contributed by atoms with Crippen LogP contribution in [0.1, 0.15) is 5.56 Å². The van der Waals surface area contributed by atoms with Crippen LogP contribution in [0.4, 0.5) is 0 Å². The van der Waals surface area contributed by atoms with Crippen LogP contribution in [0.5, 0.6) is 11.5 Å². The molecule has 3 rings (SSSR count). The Morgan fingerprint density at radius 1 is 1.18 bits per heavy atom. The highest BCUT2D eigenvalue weighted by atomic mass is 32.2. The summed E-state index contributed by atoms with van der Waals surface area (Å²) in [5.74, 6) is 0.121. The second-order valence-electron chi connectivity index (χ2n) is 4.89. The van der Waals surface area contributed by atoms with Gasteiger partial charge < -0.3 is 9.84 Å². The minimum Gasteiger partial charge on any atom is -0.504 e. The second kappa shape index (κ2) is 5.03. The number of ether oxygens (including phenoxy) is 1. The van der Waals surface area contributed by atoms with Crippen LogP contribution in [0.15, 0.2) is 47.5 Å². The molecule has 2 aromatic carbocycles. The van der Waals surface area contributed by atoms with Crippen molar-refractivity contribution < 1.29 is 18.3 Å². The van der Waals surface area contributed by atoms with E-state index in [9.17, 15) is 13.5 Å². The smallest absolute Gasteiger partial charge is 0.283 e. The summed E-state index contributed by atoms with van der Waals surface area (Å²) in [6.45, 7) is 1.88. The first-order chi connectivity index (χ1) is 10.4. The summed E-state index contributed by atoms with van der Waals surface area (Å²) in [7, 11) is -2.41. The van der Waals surface area contributed by atoms with Crippen molar-refractivity contribution in [2.75, 3.05) is 7.11 Å². The number of benzene rings is 2. The molecular formula is C15H14N2O4S. The fourth-order valence-electron chi connectivity index (χ4n) is 2.18. The minimum atomic E-state index is -3.81. The van der Waals surface area contributed by atoms with Gasteiger partial charge in [-0.1, -0.05) is 17.7 Å². The lowest BCUT2D eigenvalue weighted by Gasteiger charge is -2.08. The second-order valence-corrected chi connectivity index (χ2v) is 6.66. The molecule has 0 saturated carbocycles. The molecule has 7 heteroatoms. The third-order valence-corrected chi connectivity index (χ3v) is 5.00. The van der Waals surface area contributed by atoms with Crippen molar-refractivity contribution in [3.05, 3.63) is 48.2 Å². The van der Waals surface area contributed by atoms with Gasteiger partial charge in [0.05, 0.1) is 23.7 Å². The van der Waals surface area contributed by atoms with Crippen molar-refractivity contribution in [1.82, 2.24) is 9.19 Å². The van der Waals surface area contributed by atoms with Crippen molar-refractivity contribution in [3.8, 4) is 11.5 Å². The normalized spacial score (nSPS) is 11.7. The molecule has 0 radical (unpaired) electrons. The fourth-order valence-corrected chi connectivity index (χ4v) is 3.45. The predicted octanol–water partition coefficient (Wildman–Crippen LogP) is 2.30. The van der Waals surface area contributed by atoms with Gasteiger partial charge in [0.1, 0.15) is 0 Å². The van der Waals surface area contributed by atoms with E-state index in [0.29, 0.717) is 10.9 Å². The summed E-state index contributed by atoms with van der Waals surface area (Å²) in [5, 5.41) is 14.2. The monoisotopic (exact) mass is 318 g/mol. The minimum absolute atomic E-state index is 0.0673. The molecule has 0 amide bonds. The molecule has 1 heterocycles. The van der Waals surface area contributed by atoms with Gasteiger partial charge in [0.2, 0.25) is 0 Å². The van der Waals surface area contributed by atoms with E-state index in [4.69, 9.17) is 4.74 Å². The Balaban J connectivity index is 2.23. The Morgan fingerprint density at radius 2 is 1.86 bits per heavy atom. The van der Waals surface area contributed by atoms with Gasteiger partial charge in [-0.25, -0.2) is 0 Å². The van der Waals surface area contributed by atoms with Gasteiger partial charge in [-0.2, -0.15) is 17.6 Å². The van der Waals surface area contributed by atoms with E-state index < -0.39 is 10.0 Å². The number of fused-ring (bicyclic) bond motifs is 1. The van der Waals surface area contributed by atoms with Crippen molar-refractivity contribution in [1.29, 1.82) is 0 Å². The largest absolute Gasteiger partial charge is 0.504 e. The van der Waals surface area contributed by atoms with Gasteiger partial charge in [-0.15, -0.1) is 0 Å². The van der Waals surface area contributed by atoms with E-state index in [2.05, 4.69) is 5.10 Å². The number of aromatic nitrogens is 2. The summed E-state index contributed by atoms with van der Waals surface area (Å²) in [5.41, 5.74) is 1.31. The van der Waals surface area contributed by atoms with E-state index >= 15 is 0 Å². The Morgan fingerprint density at radius 3 is 2.50 bits per heavy atom. The highest BCUT2D eigenvalue weighted by Gasteiger charge is 2.21. The lowest BCUT2D eigenvalue weighted by atomic mass is 10.2. The van der Waals surface area contributed by atoms with Crippen molar-refractivity contribution in [2.24, 2.45) is 0 Å². The molecule has 0 fully saturated rings. The highest BCUT2D eigenvalue weighted by molar-refractivity contribution is 7.90. The topological polar surface area (TPSA) is 81.4 Å². The van der Waals surface area contributed by atoms with Crippen LogP contribution in [0.2, 0.25) is 0 Å². The molecule has 0 unspecified atom stereocenters. The van der Waals surface area contributed by atoms with Crippen molar-refractivity contribution >= 4 is 20.9 Å². The molecule has 3 aromatic rings. The molecule has 0 aliphatic carbocycles. The lowest BCUT2D eigenvalue weighted by molar-refractivity contribution is 0.374. The SMILES string of the molecule is COc1cc2c(cnn2S(=O)(=O)c2ccc(C)cc2)cc1O. The molecule has 1 N–H and O–H groups in total. The molecule has 0 bridgehead atoms. The van der Waals surface area contributed by atoms with E-state index in [0.717, 1.165) is 9.65 Å². The summed E-state index contributed by atoms with van der Waals surface area (Å²) < 4.78 is 31.4. The van der Waals surface area contributed by atoms with Gasteiger partial charge in [0, 0.05) is 11.5 Å². The number of aromatic hydroxyl groups is 1. The van der Waals surface area contributed by atoms with Crippen LogP contribution >= 0.6 is 0 Å². The maximum atomic E-state index is 12.7. The Hall–Kier alpha value is -2.54. The molecule has 1 aromatic heterocycles. The predicted molar refractivity (Wildman–Crippen MR) is 81.7 cm³/mol. The number of aryl methyl sites for hydroxylation is 1. The summed E-state index contributed by atoms with van der Waals surface area (Å²) >= 11 is 0. The van der Waals surface area contributed by atoms with Crippen molar-refractivity contribution in [3.63, 3.8) is 0 Å². The molecule has 22 heavy (non-hydrogen) atoms. The van der Waals surface area contributed by atoms with Crippen LogP contribution in [0.25, 0.3) is 10.9 Å². The average molecular weight is 318 g/mol. The van der Waals surface area contributed by atoms with Crippen molar-refractivity contribution in [2.45, 2.75) is 11.8 Å². The van der Waals surface area contributed by atoms with Gasteiger partial charge in [0.15, 0.2) is 11.5 Å². The van der Waals surface area contributed by atoms with E-state index in [1.165, 1.54) is 37.6 Å². The van der Waals surface area contributed by atoms with Crippen LogP contribution < -0.4 is 4.74 Å². The fraction of sp³-hybridized carbons (Fsp3) is 0.133. The molecule has 0 spiro atoms. The zero-order valence-corrected chi connectivity index (χ0v) is 12.8. The summed E-state index contributed by atoms with van der Waals surface area (Å²) in [6, 6.07) is 9.40. The number of rotatable bonds is 3. The standard InChI is InChI=1S/C15H14N2O4S/c1-10-3-5-12(6-4-10)22(19,20)17-13-8-15(21-2)14(18)7-11(13)9-16-17/h3-9,18H,1-2H3. The maximum absolute atomic E-state index is 12.7. The average Bonchev–Trinajstić information content (AvgIpc) is 2.90. The number of phenols is 1. The zero-order chi connectivity index (χ0) is 15.9. The number of methoxy groups -OCH3 is 1. The third kappa shape index (κ3) is 2.19. The van der Waals surface area contributed by atoms with Crippen LogP contribution in [0.3, 0.4) is 0 Å². The van der Waals surface area contributed by atoms with Gasteiger partial charge in [-0.05, 0) is 25.1 Å². The third-order valence-electron chi connectivity index (χ3n) is 3.38. The molecule has 0 saturated heterocycles. The molecule has 114 valence electrons.